The van der Waals surface area contributed by atoms with Crippen LogP contribution in [-0.4, -0.2) is 4.21 Å². The Hall–Kier alpha value is -1.59. The minimum absolute atomic E-state index is 0.180. The molecule has 0 saturated heterocycles. The third-order valence-corrected chi connectivity index (χ3v) is 9.02. The van der Waals surface area contributed by atoms with Crippen LogP contribution in [0.4, 0.5) is 0 Å². The van der Waals surface area contributed by atoms with Crippen LogP contribution in [0, 0.1) is 39.5 Å². The van der Waals surface area contributed by atoms with Gasteiger partial charge in [0.15, 0.2) is 0 Å². The molecule has 0 nitrogen and oxygen atoms in total. The van der Waals surface area contributed by atoms with E-state index in [1.807, 2.05) is 30.3 Å². The second-order valence-electron chi connectivity index (χ2n) is 15.1. The molecule has 44 heavy (non-hydrogen) atoms. The Morgan fingerprint density at radius 3 is 1.18 bits per heavy atom. The van der Waals surface area contributed by atoms with Gasteiger partial charge < -0.3 is 13.8 Å². The van der Waals surface area contributed by atoms with Gasteiger partial charge >= 0.3 is 28.4 Å². The largest absolute Gasteiger partial charge is 0.214 e. The summed E-state index contributed by atoms with van der Waals surface area (Å²) in [4.78, 5) is 0. The van der Waals surface area contributed by atoms with Crippen LogP contribution in [0.25, 0.3) is 21.5 Å². The molecule has 0 bridgehead atoms. The van der Waals surface area contributed by atoms with Crippen molar-refractivity contribution in [1.82, 2.24) is 0 Å². The van der Waals surface area contributed by atoms with E-state index in [-0.39, 0.29) is 10.8 Å². The fraction of sp³-hybridized carbons (Fsp3) is 0.512. The van der Waals surface area contributed by atoms with Crippen LogP contribution in [0.5, 0.6) is 0 Å². The van der Waals surface area contributed by atoms with E-state index < -0.39 is 0 Å². The zero-order chi connectivity index (χ0) is 32.9. The van der Waals surface area contributed by atoms with Crippen LogP contribution in [0.1, 0.15) is 128 Å². The van der Waals surface area contributed by atoms with Crippen LogP contribution >= 0.6 is 0 Å². The Morgan fingerprint density at radius 2 is 0.955 bits per heavy atom. The maximum absolute atomic E-state index is 4.00. The standard InChI is InChI=1S/C23H29.2C7H13.C5H5.CH2.Zr/c1-14-9-16-11-17-10-15(2)21(23(6,7)8)13-19(17)18(16)12-20(14)22(3,4)5;2*1-7-5-3-2-4-6-7;1-2-4-5-3-1;;/h9-13H,1-8H3;2*7H,1-6H2;1-5H;1H2;/q4*-1;;. The Bertz CT molecular complexity index is 1230. The van der Waals surface area contributed by atoms with Crippen molar-refractivity contribution < 1.29 is 24.2 Å². The molecule has 1 heteroatoms. The third-order valence-electron chi connectivity index (χ3n) is 9.02. The summed E-state index contributed by atoms with van der Waals surface area (Å²) in [6.07, 6.45) is 14.1. The molecule has 0 amide bonds. The fourth-order valence-electron chi connectivity index (χ4n) is 6.64. The van der Waals surface area contributed by atoms with Gasteiger partial charge in [-0.15, -0.1) is 39.7 Å². The molecule has 2 aliphatic rings. The number of benzene rings is 2. The Kier molecular flexibility index (Phi) is 16.3. The van der Waals surface area contributed by atoms with E-state index >= 15 is 0 Å². The number of hydrogen-bond donors (Lipinski definition) is 0. The van der Waals surface area contributed by atoms with E-state index in [2.05, 4.69) is 104 Å². The second kappa shape index (κ2) is 18.5. The normalized spacial score (nSPS) is 15.9. The number of fused-ring (bicyclic) bond motifs is 3. The smallest absolute Gasteiger partial charge is 0.172 e. The molecule has 0 heterocycles. The van der Waals surface area contributed by atoms with Crippen molar-refractivity contribution in [3.63, 3.8) is 0 Å². The summed E-state index contributed by atoms with van der Waals surface area (Å²) < 4.78 is 3.34. The molecule has 4 aromatic rings. The zero-order valence-corrected chi connectivity index (χ0v) is 32.1. The van der Waals surface area contributed by atoms with Crippen molar-refractivity contribution in [2.24, 2.45) is 11.8 Å². The topological polar surface area (TPSA) is 0 Å². The summed E-state index contributed by atoms with van der Waals surface area (Å²) in [7, 11) is 0. The SMILES string of the molecule is Cc1cc2[cH-]c3cc(C)c(C(C)(C)C)cc3c2cc1C(C)(C)C.[CH2-]C1CCCCC1.[CH2-]C1CCCCC1.[CH2]=[Zr].c1cc[cH-]c1. The van der Waals surface area contributed by atoms with Crippen molar-refractivity contribution in [3.8, 4) is 0 Å². The Labute approximate surface area is 287 Å². The average Bonchev–Trinajstić information content (AvgIpc) is 3.65. The summed E-state index contributed by atoms with van der Waals surface area (Å²) >= 11 is 1.30. The van der Waals surface area contributed by atoms with Crippen molar-refractivity contribution >= 4 is 25.8 Å². The predicted molar refractivity (Wildman–Crippen MR) is 197 cm³/mol. The van der Waals surface area contributed by atoms with Crippen molar-refractivity contribution in [2.75, 3.05) is 0 Å². The van der Waals surface area contributed by atoms with Crippen LogP contribution in [0.3, 0.4) is 0 Å². The first kappa shape index (κ1) is 38.6. The van der Waals surface area contributed by atoms with Gasteiger partial charge in [-0.25, -0.2) is 12.1 Å². The summed E-state index contributed by atoms with van der Waals surface area (Å²) in [5.41, 5.74) is 6.06. The van der Waals surface area contributed by atoms with E-state index in [1.165, 1.54) is 132 Å². The van der Waals surface area contributed by atoms with Gasteiger partial charge in [0.2, 0.25) is 0 Å². The first-order chi connectivity index (χ1) is 20.8. The molecule has 0 radical (unpaired) electrons. The predicted octanol–water partition coefficient (Wildman–Crippen LogP) is 13.1. The summed E-state index contributed by atoms with van der Waals surface area (Å²) in [5.74, 6) is 1.57. The molecule has 2 saturated carbocycles. The van der Waals surface area contributed by atoms with Crippen LogP contribution in [0.15, 0.2) is 60.7 Å². The number of rotatable bonds is 0. The van der Waals surface area contributed by atoms with Gasteiger partial charge in [-0.3, -0.25) is 0 Å². The maximum atomic E-state index is 4.00. The quantitative estimate of drug-likeness (QED) is 0.163. The van der Waals surface area contributed by atoms with Crippen LogP contribution in [0.2, 0.25) is 0 Å². The van der Waals surface area contributed by atoms with Crippen molar-refractivity contribution in [1.29, 1.82) is 0 Å². The first-order valence-corrected chi connectivity index (χ1v) is 18.8. The fourth-order valence-corrected chi connectivity index (χ4v) is 6.64. The van der Waals surface area contributed by atoms with E-state index in [1.54, 1.807) is 0 Å². The molecule has 0 aliphatic heterocycles. The second-order valence-corrected chi connectivity index (χ2v) is 15.1. The third kappa shape index (κ3) is 12.3. The molecular weight excluding hydrogens is 608 g/mol. The Balaban J connectivity index is 0.000000258. The minimum Gasteiger partial charge on any atom is -0.214 e. The Morgan fingerprint density at radius 1 is 0.614 bits per heavy atom. The molecule has 2 fully saturated rings. The summed E-state index contributed by atoms with van der Waals surface area (Å²) in [6.45, 7) is 26.3. The van der Waals surface area contributed by atoms with E-state index in [4.69, 9.17) is 0 Å². The molecular formula is C43H62Zr-4. The molecule has 0 unspecified atom stereocenters. The molecule has 0 aromatic heterocycles. The van der Waals surface area contributed by atoms with E-state index in [0.717, 1.165) is 11.8 Å². The van der Waals surface area contributed by atoms with Gasteiger partial charge in [-0.2, -0.15) is 30.0 Å². The molecule has 4 aromatic carbocycles. The molecule has 0 spiro atoms. The number of hydrogen-bond acceptors (Lipinski definition) is 0. The van der Waals surface area contributed by atoms with E-state index in [0.29, 0.717) is 0 Å². The van der Waals surface area contributed by atoms with Gasteiger partial charge in [-0.1, -0.05) is 140 Å². The minimum atomic E-state index is 0.180. The summed E-state index contributed by atoms with van der Waals surface area (Å²) in [6, 6.07) is 21.9. The van der Waals surface area contributed by atoms with Crippen molar-refractivity contribution in [2.45, 2.75) is 130 Å². The molecule has 2 aliphatic carbocycles. The van der Waals surface area contributed by atoms with Gasteiger partial charge in [-0.05, 0) is 24.7 Å². The van der Waals surface area contributed by atoms with Gasteiger partial charge in [0.25, 0.3) is 0 Å². The number of aryl methyl sites for hydroxylation is 2. The van der Waals surface area contributed by atoms with E-state index in [9.17, 15) is 0 Å². The molecule has 6 rings (SSSR count). The monoisotopic (exact) mass is 668 g/mol. The van der Waals surface area contributed by atoms with Gasteiger partial charge in [0.05, 0.1) is 0 Å². The molecule has 0 N–H and O–H groups in total. The zero-order valence-electron chi connectivity index (χ0n) is 29.6. The van der Waals surface area contributed by atoms with Crippen LogP contribution in [-0.2, 0) is 35.1 Å². The first-order valence-electron chi connectivity index (χ1n) is 17.1. The maximum Gasteiger partial charge on any atom is -0.172 e. The van der Waals surface area contributed by atoms with Crippen LogP contribution < -0.4 is 0 Å². The van der Waals surface area contributed by atoms with Gasteiger partial charge in [0, 0.05) is 0 Å². The molecule has 0 atom stereocenters. The average molecular weight is 670 g/mol. The molecule has 242 valence electrons. The van der Waals surface area contributed by atoms with Crippen molar-refractivity contribution in [3.05, 3.63) is 96.8 Å². The van der Waals surface area contributed by atoms with Gasteiger partial charge in [0.1, 0.15) is 0 Å². The summed E-state index contributed by atoms with van der Waals surface area (Å²) in [5, 5.41) is 5.55.